The van der Waals surface area contributed by atoms with Gasteiger partial charge in [-0.05, 0) is 49.6 Å². The molecule has 2 aromatic rings. The first-order valence-electron chi connectivity index (χ1n) is 7.33. The molecule has 0 fully saturated rings. The highest BCUT2D eigenvalue weighted by Crippen LogP contribution is 2.13. The van der Waals surface area contributed by atoms with E-state index < -0.39 is 10.8 Å². The Morgan fingerprint density at radius 1 is 1.05 bits per heavy atom. The van der Waals surface area contributed by atoms with Crippen molar-refractivity contribution in [3.63, 3.8) is 0 Å². The van der Waals surface area contributed by atoms with Crippen molar-refractivity contribution in [2.24, 2.45) is 0 Å². The van der Waals surface area contributed by atoms with Crippen LogP contribution in [-0.4, -0.2) is 16.4 Å². The van der Waals surface area contributed by atoms with Gasteiger partial charge in [-0.1, -0.05) is 29.8 Å². The predicted molar refractivity (Wildman–Crippen MR) is 91.5 cm³/mol. The number of carbonyl (C=O) groups is 1. The third-order valence-corrected chi connectivity index (χ3v) is 4.40. The number of benzene rings is 2. The molecule has 0 aliphatic heterocycles. The number of amides is 1. The summed E-state index contributed by atoms with van der Waals surface area (Å²) >= 11 is 0. The molecule has 1 amide bonds. The van der Waals surface area contributed by atoms with Gasteiger partial charge in [0.05, 0.1) is 0 Å². The van der Waals surface area contributed by atoms with Gasteiger partial charge in [0.1, 0.15) is 0 Å². The standard InChI is InChI=1S/C18H21NO2S/c1-14-6-8-15(9-7-14)4-3-5-18(20)19-16-10-12-17(13-11-16)22(2)21/h6-13H,3-5H2,1-2H3,(H,19,20). The average molecular weight is 315 g/mol. The minimum atomic E-state index is -0.990. The van der Waals surface area contributed by atoms with Crippen LogP contribution in [0, 0.1) is 6.92 Å². The van der Waals surface area contributed by atoms with Crippen molar-refractivity contribution < 1.29 is 9.00 Å². The van der Waals surface area contributed by atoms with Crippen LogP contribution in [0.3, 0.4) is 0 Å². The smallest absolute Gasteiger partial charge is 0.224 e. The second kappa shape index (κ2) is 7.90. The lowest BCUT2D eigenvalue weighted by Crippen LogP contribution is -2.11. The normalized spacial score (nSPS) is 11.9. The lowest BCUT2D eigenvalue weighted by atomic mass is 10.1. The number of carbonyl (C=O) groups excluding carboxylic acids is 1. The van der Waals surface area contributed by atoms with Crippen molar-refractivity contribution in [2.75, 3.05) is 11.6 Å². The second-order valence-corrected chi connectivity index (χ2v) is 6.75. The van der Waals surface area contributed by atoms with E-state index >= 15 is 0 Å². The first kappa shape index (κ1) is 16.4. The second-order valence-electron chi connectivity index (χ2n) is 5.37. The Balaban J connectivity index is 1.77. The molecule has 22 heavy (non-hydrogen) atoms. The van der Waals surface area contributed by atoms with Crippen LogP contribution in [0.2, 0.25) is 0 Å². The fourth-order valence-corrected chi connectivity index (χ4v) is 2.68. The molecule has 2 rings (SSSR count). The number of rotatable bonds is 6. The van der Waals surface area contributed by atoms with Crippen molar-refractivity contribution in [1.29, 1.82) is 0 Å². The van der Waals surface area contributed by atoms with Crippen LogP contribution in [0.1, 0.15) is 24.0 Å². The van der Waals surface area contributed by atoms with E-state index in [0.29, 0.717) is 6.42 Å². The Labute approximate surface area is 134 Å². The van der Waals surface area contributed by atoms with Crippen LogP contribution in [-0.2, 0) is 22.0 Å². The quantitative estimate of drug-likeness (QED) is 0.883. The van der Waals surface area contributed by atoms with Crippen molar-refractivity contribution in [2.45, 2.75) is 31.1 Å². The molecule has 2 aromatic carbocycles. The fraction of sp³-hybridized carbons (Fsp3) is 0.278. The molecule has 0 bridgehead atoms. The maximum atomic E-state index is 11.9. The zero-order chi connectivity index (χ0) is 15.9. The third-order valence-electron chi connectivity index (χ3n) is 3.46. The minimum absolute atomic E-state index is 0.0116. The molecule has 1 N–H and O–H groups in total. The highest BCUT2D eigenvalue weighted by atomic mass is 32.2. The Kier molecular flexibility index (Phi) is 5.90. The van der Waals surface area contributed by atoms with E-state index in [4.69, 9.17) is 0 Å². The summed E-state index contributed by atoms with van der Waals surface area (Å²) in [5, 5.41) is 2.87. The Hall–Kier alpha value is -1.94. The van der Waals surface area contributed by atoms with Crippen LogP contribution >= 0.6 is 0 Å². The van der Waals surface area contributed by atoms with Crippen molar-refractivity contribution in [1.82, 2.24) is 0 Å². The maximum Gasteiger partial charge on any atom is 0.224 e. The number of nitrogens with one attached hydrogen (secondary N) is 1. The van der Waals surface area contributed by atoms with E-state index in [0.717, 1.165) is 23.4 Å². The van der Waals surface area contributed by atoms with Crippen molar-refractivity contribution in [3.8, 4) is 0 Å². The molecule has 3 nitrogen and oxygen atoms in total. The van der Waals surface area contributed by atoms with Gasteiger partial charge in [0.15, 0.2) is 0 Å². The molecule has 0 saturated carbocycles. The molecule has 0 radical (unpaired) electrons. The summed E-state index contributed by atoms with van der Waals surface area (Å²) in [6.07, 6.45) is 3.86. The molecule has 1 unspecified atom stereocenters. The van der Waals surface area contributed by atoms with Gasteiger partial charge in [0.25, 0.3) is 0 Å². The summed E-state index contributed by atoms with van der Waals surface area (Å²) in [5.74, 6) is 0.0116. The van der Waals surface area contributed by atoms with E-state index in [1.165, 1.54) is 11.1 Å². The lowest BCUT2D eigenvalue weighted by molar-refractivity contribution is -0.116. The van der Waals surface area contributed by atoms with E-state index in [1.807, 2.05) is 0 Å². The molecule has 1 atom stereocenters. The highest BCUT2D eigenvalue weighted by molar-refractivity contribution is 7.84. The lowest BCUT2D eigenvalue weighted by Gasteiger charge is -2.06. The maximum absolute atomic E-state index is 11.9. The van der Waals surface area contributed by atoms with E-state index in [2.05, 4.69) is 36.5 Å². The van der Waals surface area contributed by atoms with E-state index in [1.54, 1.807) is 30.5 Å². The number of hydrogen-bond donors (Lipinski definition) is 1. The van der Waals surface area contributed by atoms with Crippen LogP contribution in [0.4, 0.5) is 5.69 Å². The summed E-state index contributed by atoms with van der Waals surface area (Å²) in [6, 6.07) is 15.5. The van der Waals surface area contributed by atoms with Gasteiger partial charge in [0.2, 0.25) is 5.91 Å². The van der Waals surface area contributed by atoms with Crippen molar-refractivity contribution in [3.05, 3.63) is 59.7 Å². The largest absolute Gasteiger partial charge is 0.326 e. The molecule has 0 saturated heterocycles. The molecule has 0 aromatic heterocycles. The van der Waals surface area contributed by atoms with Gasteiger partial charge in [-0.15, -0.1) is 0 Å². The van der Waals surface area contributed by atoms with Gasteiger partial charge in [-0.25, -0.2) is 0 Å². The summed E-state index contributed by atoms with van der Waals surface area (Å²) in [5.41, 5.74) is 3.25. The molecule has 0 spiro atoms. The summed E-state index contributed by atoms with van der Waals surface area (Å²) < 4.78 is 11.3. The first-order valence-corrected chi connectivity index (χ1v) is 8.89. The van der Waals surface area contributed by atoms with Gasteiger partial charge in [0, 0.05) is 34.1 Å². The summed E-state index contributed by atoms with van der Waals surface area (Å²) in [6.45, 7) is 2.07. The van der Waals surface area contributed by atoms with E-state index in [-0.39, 0.29) is 5.91 Å². The monoisotopic (exact) mass is 315 g/mol. The average Bonchev–Trinajstić information content (AvgIpc) is 2.50. The van der Waals surface area contributed by atoms with Crippen LogP contribution < -0.4 is 5.32 Å². The van der Waals surface area contributed by atoms with Gasteiger partial charge < -0.3 is 5.32 Å². The molecule has 4 heteroatoms. The summed E-state index contributed by atoms with van der Waals surface area (Å²) in [4.78, 5) is 12.7. The molecule has 0 aliphatic rings. The predicted octanol–water partition coefficient (Wildman–Crippen LogP) is 3.69. The number of aryl methyl sites for hydroxylation is 2. The zero-order valence-electron chi connectivity index (χ0n) is 13.0. The number of anilines is 1. The highest BCUT2D eigenvalue weighted by Gasteiger charge is 2.04. The molecule has 0 heterocycles. The Morgan fingerprint density at radius 2 is 1.68 bits per heavy atom. The summed E-state index contributed by atoms with van der Waals surface area (Å²) in [7, 11) is -0.990. The van der Waals surface area contributed by atoms with Gasteiger partial charge in [-0.2, -0.15) is 0 Å². The van der Waals surface area contributed by atoms with Crippen LogP contribution in [0.5, 0.6) is 0 Å². The Bertz CT molecular complexity index is 648. The molecular formula is C18H21NO2S. The zero-order valence-corrected chi connectivity index (χ0v) is 13.8. The Morgan fingerprint density at radius 3 is 2.27 bits per heavy atom. The fourth-order valence-electron chi connectivity index (χ4n) is 2.16. The van der Waals surface area contributed by atoms with E-state index in [9.17, 15) is 9.00 Å². The van der Waals surface area contributed by atoms with Gasteiger partial charge in [-0.3, -0.25) is 9.00 Å². The molecular weight excluding hydrogens is 294 g/mol. The topological polar surface area (TPSA) is 46.2 Å². The molecule has 116 valence electrons. The van der Waals surface area contributed by atoms with Crippen molar-refractivity contribution >= 4 is 22.4 Å². The minimum Gasteiger partial charge on any atom is -0.326 e. The third kappa shape index (κ3) is 5.11. The van der Waals surface area contributed by atoms with Crippen LogP contribution in [0.15, 0.2) is 53.4 Å². The van der Waals surface area contributed by atoms with Gasteiger partial charge >= 0.3 is 0 Å². The van der Waals surface area contributed by atoms with Crippen LogP contribution in [0.25, 0.3) is 0 Å². The molecule has 0 aliphatic carbocycles. The number of hydrogen-bond acceptors (Lipinski definition) is 2. The SMILES string of the molecule is Cc1ccc(CCCC(=O)Nc2ccc(S(C)=O)cc2)cc1. The first-order chi connectivity index (χ1) is 10.5.